The molecule has 1 atom stereocenters. The Bertz CT molecular complexity index is 963. The molecular formula is C20H18ClN3O4. The summed E-state index contributed by atoms with van der Waals surface area (Å²) < 4.78 is 11.0. The number of rotatable bonds is 4. The number of halogens is 1. The Balaban J connectivity index is 1.63. The fourth-order valence-corrected chi connectivity index (χ4v) is 3.63. The van der Waals surface area contributed by atoms with Gasteiger partial charge in [0.2, 0.25) is 0 Å². The normalized spacial score (nSPS) is 21.3. The standard InChI is InChI=1S/C20H18ClN3O4/c1-2-20(14-6-4-3-5-7-14)18(25)24(19(26)23-20)22-12-13-10-15(21)17-16(11-13)27-8-9-28-17/h3-7,10-12H,2,8-9H2,1H3,(H,23,26)/b22-12-/t20-/m0/s1. The number of hydrogen-bond acceptors (Lipinski definition) is 5. The molecule has 2 aromatic rings. The zero-order valence-corrected chi connectivity index (χ0v) is 15.9. The summed E-state index contributed by atoms with van der Waals surface area (Å²) in [4.78, 5) is 25.5. The summed E-state index contributed by atoms with van der Waals surface area (Å²) in [5.74, 6) is 0.560. The van der Waals surface area contributed by atoms with Gasteiger partial charge in [-0.3, -0.25) is 4.79 Å². The van der Waals surface area contributed by atoms with E-state index in [1.54, 1.807) is 12.1 Å². The van der Waals surface area contributed by atoms with Crippen molar-refractivity contribution in [2.24, 2.45) is 5.10 Å². The molecule has 3 amide bonds. The highest BCUT2D eigenvalue weighted by Gasteiger charge is 2.51. The van der Waals surface area contributed by atoms with Crippen molar-refractivity contribution >= 4 is 29.8 Å². The molecule has 8 heteroatoms. The molecule has 1 fully saturated rings. The lowest BCUT2D eigenvalue weighted by Gasteiger charge is -2.24. The molecular weight excluding hydrogens is 382 g/mol. The van der Waals surface area contributed by atoms with Crippen LogP contribution in [-0.2, 0) is 10.3 Å². The summed E-state index contributed by atoms with van der Waals surface area (Å²) in [6, 6.07) is 11.9. The molecule has 2 aromatic carbocycles. The number of urea groups is 1. The van der Waals surface area contributed by atoms with E-state index in [4.69, 9.17) is 21.1 Å². The van der Waals surface area contributed by atoms with Crippen molar-refractivity contribution in [3.63, 3.8) is 0 Å². The van der Waals surface area contributed by atoms with Crippen LogP contribution < -0.4 is 14.8 Å². The maximum atomic E-state index is 13.0. The average molecular weight is 400 g/mol. The molecule has 0 unspecified atom stereocenters. The number of imide groups is 1. The topological polar surface area (TPSA) is 80.2 Å². The van der Waals surface area contributed by atoms with Crippen LogP contribution >= 0.6 is 11.6 Å². The van der Waals surface area contributed by atoms with Gasteiger partial charge in [-0.05, 0) is 29.7 Å². The molecule has 0 spiro atoms. The monoisotopic (exact) mass is 399 g/mol. The van der Waals surface area contributed by atoms with Crippen LogP contribution in [0, 0.1) is 0 Å². The highest BCUT2D eigenvalue weighted by molar-refractivity contribution is 6.32. The fourth-order valence-electron chi connectivity index (χ4n) is 3.36. The van der Waals surface area contributed by atoms with Crippen LogP contribution in [0.15, 0.2) is 47.6 Å². The third kappa shape index (κ3) is 2.97. The minimum absolute atomic E-state index is 0.378. The van der Waals surface area contributed by atoms with E-state index in [1.165, 1.54) is 6.21 Å². The highest BCUT2D eigenvalue weighted by Crippen LogP contribution is 2.38. The van der Waals surface area contributed by atoms with E-state index >= 15 is 0 Å². The van der Waals surface area contributed by atoms with Crippen molar-refractivity contribution in [1.29, 1.82) is 0 Å². The summed E-state index contributed by atoms with van der Waals surface area (Å²) in [6.07, 6.45) is 1.81. The van der Waals surface area contributed by atoms with Crippen LogP contribution in [0.3, 0.4) is 0 Å². The molecule has 7 nitrogen and oxygen atoms in total. The van der Waals surface area contributed by atoms with Gasteiger partial charge in [0.05, 0.1) is 11.2 Å². The van der Waals surface area contributed by atoms with Crippen LogP contribution in [0.4, 0.5) is 4.79 Å². The fraction of sp³-hybridized carbons (Fsp3) is 0.250. The first kappa shape index (κ1) is 18.3. The Morgan fingerprint density at radius 2 is 1.96 bits per heavy atom. The lowest BCUT2D eigenvalue weighted by atomic mass is 9.87. The second-order valence-corrected chi connectivity index (χ2v) is 6.85. The van der Waals surface area contributed by atoms with Crippen LogP contribution in [-0.4, -0.2) is 36.4 Å². The van der Waals surface area contributed by atoms with Gasteiger partial charge in [0, 0.05) is 0 Å². The number of amides is 3. The number of carbonyl (C=O) groups is 2. The first-order valence-electron chi connectivity index (χ1n) is 8.90. The summed E-state index contributed by atoms with van der Waals surface area (Å²) in [5, 5.41) is 8.12. The van der Waals surface area contributed by atoms with Crippen molar-refractivity contribution in [3.05, 3.63) is 58.6 Å². The molecule has 0 radical (unpaired) electrons. The summed E-state index contributed by atoms with van der Waals surface area (Å²) in [6.45, 7) is 2.70. The van der Waals surface area contributed by atoms with Crippen molar-refractivity contribution in [1.82, 2.24) is 10.3 Å². The molecule has 2 aliphatic rings. The van der Waals surface area contributed by atoms with E-state index in [-0.39, 0.29) is 0 Å². The minimum Gasteiger partial charge on any atom is -0.486 e. The number of fused-ring (bicyclic) bond motifs is 1. The first-order chi connectivity index (χ1) is 13.5. The predicted molar refractivity (Wildman–Crippen MR) is 104 cm³/mol. The van der Waals surface area contributed by atoms with E-state index in [0.717, 1.165) is 10.6 Å². The molecule has 0 bridgehead atoms. The number of ether oxygens (including phenoxy) is 2. The molecule has 1 saturated heterocycles. The number of nitrogens with zero attached hydrogens (tertiary/aromatic N) is 2. The molecule has 2 aliphatic heterocycles. The van der Waals surface area contributed by atoms with Gasteiger partial charge in [0.15, 0.2) is 11.5 Å². The maximum Gasteiger partial charge on any atom is 0.346 e. The maximum absolute atomic E-state index is 13.0. The second-order valence-electron chi connectivity index (χ2n) is 6.44. The van der Waals surface area contributed by atoms with Crippen LogP contribution in [0.5, 0.6) is 11.5 Å². The predicted octanol–water partition coefficient (Wildman–Crippen LogP) is 3.30. The zero-order valence-electron chi connectivity index (χ0n) is 15.1. The molecule has 0 aromatic heterocycles. The molecule has 144 valence electrons. The average Bonchev–Trinajstić information content (AvgIpc) is 2.97. The Morgan fingerprint density at radius 1 is 1.21 bits per heavy atom. The molecule has 28 heavy (non-hydrogen) atoms. The third-order valence-electron chi connectivity index (χ3n) is 4.81. The van der Waals surface area contributed by atoms with Gasteiger partial charge in [-0.15, -0.1) is 5.01 Å². The van der Waals surface area contributed by atoms with Gasteiger partial charge in [-0.1, -0.05) is 48.9 Å². The smallest absolute Gasteiger partial charge is 0.346 e. The quantitative estimate of drug-likeness (QED) is 0.631. The van der Waals surface area contributed by atoms with E-state index < -0.39 is 17.5 Å². The Hall–Kier alpha value is -3.06. The largest absolute Gasteiger partial charge is 0.486 e. The number of carbonyl (C=O) groups excluding carboxylic acids is 2. The molecule has 2 heterocycles. The summed E-state index contributed by atoms with van der Waals surface area (Å²) in [7, 11) is 0. The van der Waals surface area contributed by atoms with Gasteiger partial charge in [-0.2, -0.15) is 5.10 Å². The number of hydrazone groups is 1. The lowest BCUT2D eigenvalue weighted by Crippen LogP contribution is -2.43. The van der Waals surface area contributed by atoms with Crippen LogP contribution in [0.1, 0.15) is 24.5 Å². The summed E-state index contributed by atoms with van der Waals surface area (Å²) in [5.41, 5.74) is 0.180. The van der Waals surface area contributed by atoms with Crippen LogP contribution in [0.2, 0.25) is 5.02 Å². The molecule has 4 rings (SSSR count). The Labute approximate surface area is 166 Å². The number of hydrogen-bond donors (Lipinski definition) is 1. The number of nitrogens with one attached hydrogen (secondary N) is 1. The van der Waals surface area contributed by atoms with Gasteiger partial charge >= 0.3 is 6.03 Å². The van der Waals surface area contributed by atoms with E-state index in [1.807, 2.05) is 37.3 Å². The zero-order chi connectivity index (χ0) is 19.7. The van der Waals surface area contributed by atoms with Gasteiger partial charge < -0.3 is 14.8 Å². The van der Waals surface area contributed by atoms with E-state index in [2.05, 4.69) is 10.4 Å². The SMILES string of the molecule is CC[C@@]1(c2ccccc2)NC(=O)N(/N=C\c2cc(Cl)c3c(c2)OCCO3)C1=O. The summed E-state index contributed by atoms with van der Waals surface area (Å²) >= 11 is 6.22. The van der Waals surface area contributed by atoms with Crippen molar-refractivity contribution in [2.45, 2.75) is 18.9 Å². The van der Waals surface area contributed by atoms with Gasteiger partial charge in [0.1, 0.15) is 18.8 Å². The molecule has 0 aliphatic carbocycles. The van der Waals surface area contributed by atoms with Crippen molar-refractivity contribution in [2.75, 3.05) is 13.2 Å². The van der Waals surface area contributed by atoms with E-state index in [9.17, 15) is 9.59 Å². The van der Waals surface area contributed by atoms with E-state index in [0.29, 0.717) is 41.7 Å². The van der Waals surface area contributed by atoms with Gasteiger partial charge in [-0.25, -0.2) is 4.79 Å². The minimum atomic E-state index is -1.12. The van der Waals surface area contributed by atoms with Crippen LogP contribution in [0.25, 0.3) is 0 Å². The van der Waals surface area contributed by atoms with Crippen molar-refractivity contribution in [3.8, 4) is 11.5 Å². The lowest BCUT2D eigenvalue weighted by molar-refractivity contribution is -0.131. The van der Waals surface area contributed by atoms with Crippen molar-refractivity contribution < 1.29 is 19.1 Å². The highest BCUT2D eigenvalue weighted by atomic mass is 35.5. The first-order valence-corrected chi connectivity index (χ1v) is 9.28. The number of benzene rings is 2. The second kappa shape index (κ2) is 7.16. The Kier molecular flexibility index (Phi) is 4.68. The molecule has 0 saturated carbocycles. The third-order valence-corrected chi connectivity index (χ3v) is 5.09. The molecule has 1 N–H and O–H groups in total. The Morgan fingerprint density at radius 3 is 2.71 bits per heavy atom. The van der Waals surface area contributed by atoms with Gasteiger partial charge in [0.25, 0.3) is 5.91 Å².